The summed E-state index contributed by atoms with van der Waals surface area (Å²) in [6, 6.07) is 5.39. The Balaban J connectivity index is 1.52. The van der Waals surface area contributed by atoms with Crippen molar-refractivity contribution in [1.29, 1.82) is 0 Å². The average Bonchev–Trinajstić information content (AvgIpc) is 2.90. The van der Waals surface area contributed by atoms with Gasteiger partial charge in [-0.05, 0) is 81.5 Å². The summed E-state index contributed by atoms with van der Waals surface area (Å²) in [5.74, 6) is 1.04. The van der Waals surface area contributed by atoms with Gasteiger partial charge in [-0.1, -0.05) is 13.3 Å². The van der Waals surface area contributed by atoms with Crippen LogP contribution in [0.25, 0.3) is 0 Å². The molecular formula is C21H30N2O3S. The van der Waals surface area contributed by atoms with Gasteiger partial charge in [0.05, 0.1) is 4.90 Å². The van der Waals surface area contributed by atoms with Gasteiger partial charge in [0.2, 0.25) is 15.9 Å². The van der Waals surface area contributed by atoms with Gasteiger partial charge in [0.15, 0.2) is 0 Å². The Morgan fingerprint density at radius 3 is 2.41 bits per heavy atom. The van der Waals surface area contributed by atoms with E-state index in [1.54, 1.807) is 12.1 Å². The summed E-state index contributed by atoms with van der Waals surface area (Å²) in [7, 11) is -3.52. The lowest BCUT2D eigenvalue weighted by Gasteiger charge is -2.32. The van der Waals surface area contributed by atoms with Gasteiger partial charge in [-0.3, -0.25) is 4.79 Å². The van der Waals surface area contributed by atoms with Crippen LogP contribution < -0.4 is 9.62 Å². The number of fused-ring (bicyclic) bond motifs is 1. The van der Waals surface area contributed by atoms with E-state index in [0.29, 0.717) is 10.8 Å². The number of carbonyl (C=O) groups is 1. The van der Waals surface area contributed by atoms with E-state index in [1.807, 2.05) is 17.9 Å². The molecule has 0 bridgehead atoms. The minimum Gasteiger partial charge on any atom is -0.309 e. The highest BCUT2D eigenvalue weighted by atomic mass is 32.2. The third kappa shape index (κ3) is 3.66. The number of benzene rings is 1. The highest BCUT2D eigenvalue weighted by molar-refractivity contribution is 7.89. The molecule has 1 aromatic carbocycles. The SMILES string of the molecule is CC1CCC(NS(=O)(=O)c2ccc3c(c2)C[C@@H](C)N3C(=O)C2CCC2)CC1. The van der Waals surface area contributed by atoms with Gasteiger partial charge in [-0.15, -0.1) is 0 Å². The summed E-state index contributed by atoms with van der Waals surface area (Å²) in [5.41, 5.74) is 1.86. The number of hydrogen-bond donors (Lipinski definition) is 1. The predicted octanol–water partition coefficient (Wildman–Crippen LogP) is 3.62. The molecule has 148 valence electrons. The van der Waals surface area contributed by atoms with Gasteiger partial charge in [0, 0.05) is 23.7 Å². The average molecular weight is 391 g/mol. The molecule has 3 aliphatic rings. The molecule has 0 unspecified atom stereocenters. The third-order valence-electron chi connectivity index (χ3n) is 6.61. The molecule has 1 atom stereocenters. The molecule has 2 aliphatic carbocycles. The Hall–Kier alpha value is -1.40. The quantitative estimate of drug-likeness (QED) is 0.854. The van der Waals surface area contributed by atoms with Gasteiger partial charge in [0.1, 0.15) is 0 Å². The standard InChI is InChI=1S/C21H30N2O3S/c1-14-6-8-18(9-7-14)22-27(25,26)19-10-11-20-17(13-19)12-15(2)23(20)21(24)16-4-3-5-16/h10-11,13-16,18,22H,3-9,12H2,1-2H3/t14?,15-,18?/m1/s1. The molecule has 27 heavy (non-hydrogen) atoms. The van der Waals surface area contributed by atoms with Crippen molar-refractivity contribution in [2.75, 3.05) is 4.90 Å². The highest BCUT2D eigenvalue weighted by Crippen LogP contribution is 2.38. The van der Waals surface area contributed by atoms with E-state index in [0.717, 1.165) is 62.6 Å². The van der Waals surface area contributed by atoms with Crippen molar-refractivity contribution in [3.63, 3.8) is 0 Å². The predicted molar refractivity (Wildman–Crippen MR) is 106 cm³/mol. The zero-order chi connectivity index (χ0) is 19.2. The van der Waals surface area contributed by atoms with Crippen LogP contribution in [0.15, 0.2) is 23.1 Å². The maximum Gasteiger partial charge on any atom is 0.240 e. The number of sulfonamides is 1. The Morgan fingerprint density at radius 1 is 1.07 bits per heavy atom. The molecule has 1 aliphatic heterocycles. The highest BCUT2D eigenvalue weighted by Gasteiger charge is 2.37. The number of rotatable bonds is 4. The summed E-state index contributed by atoms with van der Waals surface area (Å²) in [5, 5.41) is 0. The molecule has 2 saturated carbocycles. The second kappa shape index (κ2) is 7.21. The molecule has 1 N–H and O–H groups in total. The number of amides is 1. The minimum atomic E-state index is -3.52. The number of anilines is 1. The Labute approximate surface area is 162 Å². The van der Waals surface area contributed by atoms with Crippen LogP contribution in [0.4, 0.5) is 5.69 Å². The second-order valence-electron chi connectivity index (χ2n) is 8.76. The molecule has 2 fully saturated rings. The molecule has 5 nitrogen and oxygen atoms in total. The molecule has 1 aromatic rings. The van der Waals surface area contributed by atoms with E-state index in [9.17, 15) is 13.2 Å². The van der Waals surface area contributed by atoms with Crippen LogP contribution in [0.1, 0.15) is 64.4 Å². The van der Waals surface area contributed by atoms with Gasteiger partial charge in [-0.25, -0.2) is 13.1 Å². The van der Waals surface area contributed by atoms with Crippen molar-refractivity contribution in [2.45, 2.75) is 82.2 Å². The zero-order valence-electron chi connectivity index (χ0n) is 16.3. The summed E-state index contributed by atoms with van der Waals surface area (Å²) >= 11 is 0. The number of nitrogens with zero attached hydrogens (tertiary/aromatic N) is 1. The molecule has 1 amide bonds. The lowest BCUT2D eigenvalue weighted by molar-refractivity contribution is -0.125. The minimum absolute atomic E-state index is 0.0371. The first-order valence-corrected chi connectivity index (χ1v) is 11.8. The van der Waals surface area contributed by atoms with Crippen LogP contribution in [0.2, 0.25) is 0 Å². The van der Waals surface area contributed by atoms with Crippen LogP contribution >= 0.6 is 0 Å². The fourth-order valence-electron chi connectivity index (χ4n) is 4.63. The van der Waals surface area contributed by atoms with Crippen molar-refractivity contribution < 1.29 is 13.2 Å². The van der Waals surface area contributed by atoms with Crippen LogP contribution in [0.5, 0.6) is 0 Å². The van der Waals surface area contributed by atoms with Crippen molar-refractivity contribution in [2.24, 2.45) is 11.8 Å². The lowest BCUT2D eigenvalue weighted by atomic mass is 9.84. The van der Waals surface area contributed by atoms with E-state index >= 15 is 0 Å². The molecule has 4 rings (SSSR count). The maximum absolute atomic E-state index is 12.9. The lowest BCUT2D eigenvalue weighted by Crippen LogP contribution is -2.42. The van der Waals surface area contributed by atoms with Crippen molar-refractivity contribution in [3.8, 4) is 0 Å². The maximum atomic E-state index is 12.9. The van der Waals surface area contributed by atoms with Crippen molar-refractivity contribution >= 4 is 21.6 Å². The molecule has 1 heterocycles. The van der Waals surface area contributed by atoms with Gasteiger partial charge in [0.25, 0.3) is 0 Å². The molecule has 6 heteroatoms. The first-order valence-electron chi connectivity index (χ1n) is 10.3. The molecule has 0 saturated heterocycles. The second-order valence-corrected chi connectivity index (χ2v) is 10.5. The Kier molecular flexibility index (Phi) is 5.06. The fraction of sp³-hybridized carbons (Fsp3) is 0.667. The van der Waals surface area contributed by atoms with E-state index in [4.69, 9.17) is 0 Å². The largest absolute Gasteiger partial charge is 0.309 e. The molecule has 0 aromatic heterocycles. The van der Waals surface area contributed by atoms with Crippen LogP contribution in [0.3, 0.4) is 0 Å². The van der Waals surface area contributed by atoms with Crippen LogP contribution in [0, 0.1) is 11.8 Å². The molecular weight excluding hydrogens is 360 g/mol. The Morgan fingerprint density at radius 2 is 1.78 bits per heavy atom. The molecule has 0 spiro atoms. The fourth-order valence-corrected chi connectivity index (χ4v) is 5.98. The summed E-state index contributed by atoms with van der Waals surface area (Å²) in [6.07, 6.45) is 7.78. The topological polar surface area (TPSA) is 66.5 Å². The van der Waals surface area contributed by atoms with Crippen LogP contribution in [-0.4, -0.2) is 26.4 Å². The van der Waals surface area contributed by atoms with E-state index < -0.39 is 10.0 Å². The zero-order valence-corrected chi connectivity index (χ0v) is 17.1. The normalized spacial score (nSPS) is 28.7. The van der Waals surface area contributed by atoms with E-state index in [2.05, 4.69) is 11.6 Å². The first-order chi connectivity index (χ1) is 12.8. The summed E-state index contributed by atoms with van der Waals surface area (Å²) in [4.78, 5) is 15.0. The summed E-state index contributed by atoms with van der Waals surface area (Å²) in [6.45, 7) is 4.27. The molecule has 0 radical (unpaired) electrons. The monoisotopic (exact) mass is 390 g/mol. The Bertz CT molecular complexity index is 824. The third-order valence-corrected chi connectivity index (χ3v) is 8.12. The number of nitrogens with one attached hydrogen (secondary N) is 1. The van der Waals surface area contributed by atoms with Gasteiger partial charge in [-0.2, -0.15) is 0 Å². The van der Waals surface area contributed by atoms with E-state index in [-0.39, 0.29) is 23.9 Å². The first kappa shape index (κ1) is 18.9. The van der Waals surface area contributed by atoms with Gasteiger partial charge < -0.3 is 4.90 Å². The van der Waals surface area contributed by atoms with Gasteiger partial charge >= 0.3 is 0 Å². The number of carbonyl (C=O) groups excluding carboxylic acids is 1. The van der Waals surface area contributed by atoms with E-state index in [1.165, 1.54) is 0 Å². The van der Waals surface area contributed by atoms with Crippen LogP contribution in [-0.2, 0) is 21.2 Å². The van der Waals surface area contributed by atoms with Crippen molar-refractivity contribution in [1.82, 2.24) is 4.72 Å². The summed E-state index contributed by atoms with van der Waals surface area (Å²) < 4.78 is 28.6. The van der Waals surface area contributed by atoms with Crippen molar-refractivity contribution in [3.05, 3.63) is 23.8 Å². The smallest absolute Gasteiger partial charge is 0.240 e. The number of hydrogen-bond acceptors (Lipinski definition) is 3.